The van der Waals surface area contributed by atoms with Crippen molar-refractivity contribution in [2.45, 2.75) is 0 Å². The molecule has 0 bridgehead atoms. The molecule has 0 unspecified atom stereocenters. The van der Waals surface area contributed by atoms with Crippen molar-refractivity contribution >= 4 is 40.5 Å². The van der Waals surface area contributed by atoms with Crippen LogP contribution in [0.2, 0.25) is 5.02 Å². The minimum absolute atomic E-state index is 0.0588. The zero-order valence-corrected chi connectivity index (χ0v) is 15.3. The number of guanidine groups is 1. The topological polar surface area (TPSA) is 39.2 Å². The number of anilines is 1. The highest BCUT2D eigenvalue weighted by atomic mass is 35.5. The van der Waals surface area contributed by atoms with Crippen LogP contribution in [0.15, 0.2) is 46.8 Å². The van der Waals surface area contributed by atoms with Crippen molar-refractivity contribution in [3.63, 3.8) is 0 Å². The maximum Gasteiger partial charge on any atom is 0.270 e. The van der Waals surface area contributed by atoms with Crippen LogP contribution in [-0.2, 0) is 0 Å². The van der Waals surface area contributed by atoms with E-state index in [1.165, 1.54) is 11.3 Å². The Morgan fingerprint density at radius 3 is 2.56 bits per heavy atom. The van der Waals surface area contributed by atoms with Gasteiger partial charge in [-0.25, -0.2) is 0 Å². The quantitative estimate of drug-likeness (QED) is 0.811. The Kier molecular flexibility index (Phi) is 4.63. The Bertz CT molecular complexity index is 784. The van der Waals surface area contributed by atoms with Gasteiger partial charge in [0, 0.05) is 43.4 Å². The van der Waals surface area contributed by atoms with E-state index in [9.17, 15) is 4.79 Å². The summed E-state index contributed by atoms with van der Waals surface area (Å²) in [6.45, 7) is 4.82. The molecule has 0 saturated carbocycles. The van der Waals surface area contributed by atoms with Gasteiger partial charge in [-0.3, -0.25) is 14.7 Å². The molecule has 3 heterocycles. The second-order valence-electron chi connectivity index (χ2n) is 6.07. The number of carbonyl (C=O) groups excluding carboxylic acids is 1. The van der Waals surface area contributed by atoms with Gasteiger partial charge in [0.25, 0.3) is 5.91 Å². The molecule has 2 aliphatic rings. The van der Waals surface area contributed by atoms with Gasteiger partial charge < -0.3 is 9.80 Å². The minimum atomic E-state index is 0.0588. The molecular formula is C18H19ClN4OS. The van der Waals surface area contributed by atoms with Crippen LogP contribution in [0.5, 0.6) is 0 Å². The van der Waals surface area contributed by atoms with Crippen LogP contribution in [0, 0.1) is 0 Å². The Hall–Kier alpha value is -2.05. The number of nitrogens with zero attached hydrogens (tertiary/aromatic N) is 4. The highest BCUT2D eigenvalue weighted by molar-refractivity contribution is 7.12. The maximum absolute atomic E-state index is 12.7. The molecule has 0 atom stereocenters. The number of hydrogen-bond acceptors (Lipinski definition) is 5. The summed E-state index contributed by atoms with van der Waals surface area (Å²) in [5.41, 5.74) is 1.15. The summed E-state index contributed by atoms with van der Waals surface area (Å²) in [6.07, 6.45) is 0. The SMILES string of the molecule is O=C(c1cccs1)N1CCN=C1N1CCN(c2cccc(Cl)c2)CC1. The lowest BCUT2D eigenvalue weighted by Gasteiger charge is -2.38. The van der Waals surface area contributed by atoms with E-state index in [4.69, 9.17) is 11.6 Å². The second-order valence-corrected chi connectivity index (χ2v) is 7.45. The van der Waals surface area contributed by atoms with Crippen molar-refractivity contribution in [3.05, 3.63) is 51.7 Å². The predicted molar refractivity (Wildman–Crippen MR) is 103 cm³/mol. The number of rotatable bonds is 2. The van der Waals surface area contributed by atoms with Crippen molar-refractivity contribution < 1.29 is 4.79 Å². The lowest BCUT2D eigenvalue weighted by Crippen LogP contribution is -2.53. The Labute approximate surface area is 156 Å². The van der Waals surface area contributed by atoms with Gasteiger partial charge in [-0.1, -0.05) is 23.7 Å². The zero-order chi connectivity index (χ0) is 17.2. The molecule has 0 aliphatic carbocycles. The van der Waals surface area contributed by atoms with E-state index in [1.807, 2.05) is 40.6 Å². The van der Waals surface area contributed by atoms with Crippen LogP contribution in [0.3, 0.4) is 0 Å². The van der Waals surface area contributed by atoms with Gasteiger partial charge in [0.15, 0.2) is 0 Å². The molecule has 7 heteroatoms. The summed E-state index contributed by atoms with van der Waals surface area (Å²) in [5, 5.41) is 2.69. The molecular weight excluding hydrogens is 356 g/mol. The zero-order valence-electron chi connectivity index (χ0n) is 13.8. The number of amides is 1. The van der Waals surface area contributed by atoms with Crippen LogP contribution in [0.25, 0.3) is 0 Å². The molecule has 1 amide bonds. The maximum atomic E-state index is 12.7. The summed E-state index contributed by atoms with van der Waals surface area (Å²) in [7, 11) is 0. The van der Waals surface area contributed by atoms with E-state index in [0.717, 1.165) is 47.7 Å². The van der Waals surface area contributed by atoms with Gasteiger partial charge in [-0.15, -0.1) is 11.3 Å². The van der Waals surface area contributed by atoms with E-state index in [2.05, 4.69) is 20.9 Å². The summed E-state index contributed by atoms with van der Waals surface area (Å²) < 4.78 is 0. The van der Waals surface area contributed by atoms with Gasteiger partial charge in [-0.05, 0) is 29.6 Å². The van der Waals surface area contributed by atoms with Gasteiger partial charge in [-0.2, -0.15) is 0 Å². The third kappa shape index (κ3) is 3.37. The molecule has 0 spiro atoms. The molecule has 2 aromatic rings. The Morgan fingerprint density at radius 2 is 1.84 bits per heavy atom. The number of hydrogen-bond donors (Lipinski definition) is 0. The van der Waals surface area contributed by atoms with Crippen molar-refractivity contribution in [1.82, 2.24) is 9.80 Å². The van der Waals surface area contributed by atoms with Gasteiger partial charge >= 0.3 is 0 Å². The molecule has 4 rings (SSSR count). The summed E-state index contributed by atoms with van der Waals surface area (Å²) in [4.78, 5) is 24.4. The molecule has 0 radical (unpaired) electrons. The van der Waals surface area contributed by atoms with Crippen LogP contribution in [0.4, 0.5) is 5.69 Å². The van der Waals surface area contributed by atoms with Crippen LogP contribution in [0.1, 0.15) is 9.67 Å². The molecule has 25 heavy (non-hydrogen) atoms. The summed E-state index contributed by atoms with van der Waals surface area (Å²) in [6, 6.07) is 11.7. The fraction of sp³-hybridized carbons (Fsp3) is 0.333. The number of halogens is 1. The molecule has 1 fully saturated rings. The predicted octanol–water partition coefficient (Wildman–Crippen LogP) is 3.04. The fourth-order valence-electron chi connectivity index (χ4n) is 3.27. The van der Waals surface area contributed by atoms with Crippen LogP contribution in [-0.4, -0.2) is 60.9 Å². The van der Waals surface area contributed by atoms with Crippen LogP contribution >= 0.6 is 22.9 Å². The first kappa shape index (κ1) is 16.4. The first-order valence-corrected chi connectivity index (χ1v) is 9.63. The number of benzene rings is 1. The summed E-state index contributed by atoms with van der Waals surface area (Å²) >= 11 is 7.58. The van der Waals surface area contributed by atoms with E-state index in [1.54, 1.807) is 0 Å². The smallest absolute Gasteiger partial charge is 0.270 e. The number of piperazine rings is 1. The summed E-state index contributed by atoms with van der Waals surface area (Å²) in [5.74, 6) is 0.882. The van der Waals surface area contributed by atoms with Crippen LogP contribution < -0.4 is 4.90 Å². The minimum Gasteiger partial charge on any atom is -0.368 e. The fourth-order valence-corrected chi connectivity index (χ4v) is 4.13. The Morgan fingerprint density at radius 1 is 1.04 bits per heavy atom. The average Bonchev–Trinajstić information content (AvgIpc) is 3.33. The highest BCUT2D eigenvalue weighted by Gasteiger charge is 2.31. The number of thiophene rings is 1. The molecule has 130 valence electrons. The molecule has 1 saturated heterocycles. The van der Waals surface area contributed by atoms with Gasteiger partial charge in [0.1, 0.15) is 0 Å². The van der Waals surface area contributed by atoms with Crippen molar-refractivity contribution in [2.75, 3.05) is 44.2 Å². The van der Waals surface area contributed by atoms with E-state index >= 15 is 0 Å². The molecule has 5 nitrogen and oxygen atoms in total. The number of carbonyl (C=O) groups is 1. The first-order chi connectivity index (χ1) is 12.2. The normalized spacial score (nSPS) is 17.8. The standard InChI is InChI=1S/C18H19ClN4OS/c19-14-3-1-4-15(13-14)21-8-10-22(11-9-21)18-20-6-7-23(18)17(24)16-5-2-12-25-16/h1-5,12-13H,6-11H2. The van der Waals surface area contributed by atoms with E-state index in [0.29, 0.717) is 13.1 Å². The van der Waals surface area contributed by atoms with Crippen molar-refractivity contribution in [1.29, 1.82) is 0 Å². The molecule has 1 aromatic carbocycles. The number of aliphatic imine (C=N–C) groups is 1. The lowest BCUT2D eigenvalue weighted by molar-refractivity contribution is 0.0847. The third-order valence-corrected chi connectivity index (χ3v) is 5.62. The van der Waals surface area contributed by atoms with E-state index < -0.39 is 0 Å². The highest BCUT2D eigenvalue weighted by Crippen LogP contribution is 2.22. The first-order valence-electron chi connectivity index (χ1n) is 8.38. The van der Waals surface area contributed by atoms with Gasteiger partial charge in [0.05, 0.1) is 11.4 Å². The molecule has 0 N–H and O–H groups in total. The van der Waals surface area contributed by atoms with Crippen molar-refractivity contribution in [3.8, 4) is 0 Å². The Balaban J connectivity index is 1.42. The lowest BCUT2D eigenvalue weighted by atomic mass is 10.2. The van der Waals surface area contributed by atoms with E-state index in [-0.39, 0.29) is 5.91 Å². The van der Waals surface area contributed by atoms with Gasteiger partial charge in [0.2, 0.25) is 5.96 Å². The largest absolute Gasteiger partial charge is 0.368 e. The van der Waals surface area contributed by atoms with Crippen molar-refractivity contribution in [2.24, 2.45) is 4.99 Å². The third-order valence-electron chi connectivity index (χ3n) is 4.53. The molecule has 2 aliphatic heterocycles. The molecule has 1 aromatic heterocycles. The second kappa shape index (κ2) is 7.06. The monoisotopic (exact) mass is 374 g/mol. The average molecular weight is 375 g/mol.